The van der Waals surface area contributed by atoms with Crippen LogP contribution in [0.25, 0.3) is 164 Å². The van der Waals surface area contributed by atoms with E-state index in [0.29, 0.717) is 0 Å². The molecule has 3 aromatic heterocycles. The Labute approximate surface area is 734 Å². The van der Waals surface area contributed by atoms with Crippen molar-refractivity contribution in [2.75, 3.05) is 0 Å². The van der Waals surface area contributed by atoms with E-state index in [1.165, 1.54) is 156 Å². The third-order valence-electron chi connectivity index (χ3n) is 27.4. The van der Waals surface area contributed by atoms with Crippen LogP contribution in [0.5, 0.6) is 0 Å². The van der Waals surface area contributed by atoms with E-state index in [1.807, 2.05) is 34.9 Å². The largest absolute Gasteiger partial charge is 0.358 e. The maximum atomic E-state index is 5.76. The third-order valence-corrected chi connectivity index (χ3v) is 30.9. The van der Waals surface area contributed by atoms with E-state index in [0.717, 1.165) is 99.8 Å². The molecule has 0 amide bonds. The fourth-order valence-corrected chi connectivity index (χ4v) is 25.7. The molecular weight excluding hydrogens is 1570 g/mol. The highest BCUT2D eigenvalue weighted by molar-refractivity contribution is 7.99. The molecule has 0 fully saturated rings. The van der Waals surface area contributed by atoms with Gasteiger partial charge in [0.2, 0.25) is 0 Å². The first-order valence-corrected chi connectivity index (χ1v) is 45.4. The van der Waals surface area contributed by atoms with E-state index < -0.39 is 10.8 Å². The monoisotopic (exact) mass is 1640 g/mol. The lowest BCUT2D eigenvalue weighted by molar-refractivity contribution is 0.723. The van der Waals surface area contributed by atoms with Crippen LogP contribution >= 0.6 is 34.9 Å². The fraction of sp³-hybridized carbons (Fsp3) is 0.0254. The predicted molar refractivity (Wildman–Crippen MR) is 522 cm³/mol. The van der Waals surface area contributed by atoms with E-state index in [2.05, 4.69) is 418 Å². The van der Waals surface area contributed by atoms with Gasteiger partial charge in [-0.3, -0.25) is 0 Å². The molecule has 1 atom stereocenters. The molecule has 4 nitrogen and oxygen atoms in total. The number of para-hydroxylation sites is 2. The Balaban J connectivity index is 0.577. The van der Waals surface area contributed by atoms with Gasteiger partial charge in [0, 0.05) is 67.9 Å². The minimum atomic E-state index is -0.675. The Kier molecular flexibility index (Phi) is 15.5. The number of aliphatic imine (C=N–C) groups is 1. The van der Waals surface area contributed by atoms with Crippen molar-refractivity contribution in [3.8, 4) is 89.3 Å². The molecule has 2 spiro atoms. The normalized spacial score (nSPS) is 14.5. The average Bonchev–Trinajstić information content (AvgIpc) is 1.53. The van der Waals surface area contributed by atoms with Crippen LogP contribution in [0.4, 0.5) is 5.69 Å². The summed E-state index contributed by atoms with van der Waals surface area (Å²) in [5, 5.41) is 17.0. The lowest BCUT2D eigenvalue weighted by Gasteiger charge is -2.40. The van der Waals surface area contributed by atoms with Crippen molar-refractivity contribution in [3.05, 3.63) is 473 Å². The van der Waals surface area contributed by atoms with Crippen LogP contribution in [0, 0.1) is 0 Å². The second-order valence-corrected chi connectivity index (χ2v) is 37.0. The number of rotatable bonds is 8. The SMILES string of the molecule is c1ccc(-c2ccc(-c3c4ccccc4c(-c4cccc(-c5nc6ccccc6c6cc7c(cc56)-c5ccc(-c6ccc(C8=Nc9c(sc%10ccccc9%10)C(c9cccc(-c%10nc%11ccccc%11c%11cc%12c(cc%10%11)-c%10ccccc%10C%12%10c%11ccccc%11Sc%11ccccc%11%10)c9)N8)cc6)cc5C75c6ccccc6Sc6ccccc65)c4)c4ccccc34)cc2)cc1. The minimum absolute atomic E-state index is 0.220. The number of hydrogen-bond acceptors (Lipinski definition) is 7. The van der Waals surface area contributed by atoms with Gasteiger partial charge in [-0.2, -0.15) is 0 Å². The maximum absolute atomic E-state index is 5.76. The number of benzene rings is 19. The Bertz CT molecular complexity index is 8320. The number of hydrogen-bond donors (Lipinski definition) is 1. The Morgan fingerprint density at radius 3 is 1.22 bits per heavy atom. The topological polar surface area (TPSA) is 50.2 Å². The van der Waals surface area contributed by atoms with Crippen molar-refractivity contribution < 1.29 is 0 Å². The molecule has 6 heterocycles. The summed E-state index contributed by atoms with van der Waals surface area (Å²) in [7, 11) is 0. The van der Waals surface area contributed by atoms with E-state index >= 15 is 0 Å². The summed E-state index contributed by atoms with van der Waals surface area (Å²) in [6.07, 6.45) is 0. The molecule has 0 saturated carbocycles. The molecule has 0 saturated heterocycles. The van der Waals surface area contributed by atoms with Gasteiger partial charge in [-0.1, -0.05) is 351 Å². The lowest BCUT2D eigenvalue weighted by atomic mass is 9.67. The van der Waals surface area contributed by atoms with Crippen molar-refractivity contribution in [2.24, 2.45) is 4.99 Å². The van der Waals surface area contributed by atoms with Crippen LogP contribution < -0.4 is 5.32 Å². The fourth-order valence-electron chi connectivity index (χ4n) is 22.1. The van der Waals surface area contributed by atoms with Crippen LogP contribution in [-0.2, 0) is 10.8 Å². The van der Waals surface area contributed by atoms with Gasteiger partial charge in [-0.05, 0) is 234 Å². The van der Waals surface area contributed by atoms with Gasteiger partial charge in [0.05, 0.1) is 49.9 Å². The van der Waals surface area contributed by atoms with Crippen molar-refractivity contribution in [1.29, 1.82) is 0 Å². The molecule has 580 valence electrons. The highest BCUT2D eigenvalue weighted by atomic mass is 32.2. The lowest BCUT2D eigenvalue weighted by Crippen LogP contribution is -2.32. The summed E-state index contributed by atoms with van der Waals surface area (Å²) < 4.78 is 1.21. The van der Waals surface area contributed by atoms with Crippen LogP contribution in [0.15, 0.2) is 437 Å². The molecular formula is C118H70N4S3. The van der Waals surface area contributed by atoms with Crippen LogP contribution in [0.3, 0.4) is 0 Å². The first-order valence-electron chi connectivity index (χ1n) is 42.9. The highest BCUT2D eigenvalue weighted by Gasteiger charge is 2.53. The van der Waals surface area contributed by atoms with Crippen LogP contribution in [-0.4, -0.2) is 15.8 Å². The zero-order chi connectivity index (χ0) is 81.7. The highest BCUT2D eigenvalue weighted by Crippen LogP contribution is 2.66. The molecule has 22 aromatic rings. The Hall–Kier alpha value is -14.8. The number of thiophene rings is 1. The van der Waals surface area contributed by atoms with E-state index in [4.69, 9.17) is 15.0 Å². The van der Waals surface area contributed by atoms with Gasteiger partial charge in [-0.25, -0.2) is 15.0 Å². The molecule has 0 bridgehead atoms. The molecule has 19 aromatic carbocycles. The van der Waals surface area contributed by atoms with Crippen LogP contribution in [0.2, 0.25) is 0 Å². The first kappa shape index (κ1) is 70.8. The maximum Gasteiger partial charge on any atom is 0.134 e. The number of pyridine rings is 2. The summed E-state index contributed by atoms with van der Waals surface area (Å²) in [6.45, 7) is 0. The number of amidine groups is 1. The first-order chi connectivity index (χ1) is 61.9. The van der Waals surface area contributed by atoms with E-state index in [-0.39, 0.29) is 6.04 Å². The second kappa shape index (κ2) is 27.3. The molecule has 27 rings (SSSR count). The summed E-state index contributed by atoms with van der Waals surface area (Å²) in [6, 6.07) is 154. The average molecular weight is 1640 g/mol. The standard InChI is InChI=1S/C118H70N4S3/c1-2-26-69(27-3-1)70-52-56-72(57-53-70)109-83-35-4-6-37-85(83)110(86-38-7-5-36-84(86)109)75-28-24-29-76(62-75)111-93-66-91-80-61-60-74(64-99(80)118(101(91)68-89(93)82-34-10-17-45-102(82)119-111)97-43-15-22-50-107(97)124-108-51-23-16-44-98(108)118)71-54-58-73(59-55-71)116-121-113(115-114(122-116)87-39-11-19-47-104(87)125-115)78-31-25-30-77(63-78)112-92-65-90-79-32-8-12-40-94(79)117(100(90)67-88(92)81-33-9-18-46-103(81)120-112)95-41-13-20-48-105(95)123-106-49-21-14-42-96(106)117/h1-68,113H,(H,121,122). The van der Waals surface area contributed by atoms with E-state index in [9.17, 15) is 0 Å². The zero-order valence-corrected chi connectivity index (χ0v) is 69.9. The molecule has 1 N–H and O–H groups in total. The van der Waals surface area contributed by atoms with Gasteiger partial charge < -0.3 is 5.32 Å². The smallest absolute Gasteiger partial charge is 0.134 e. The summed E-state index contributed by atoms with van der Waals surface area (Å²) in [4.78, 5) is 23.4. The molecule has 3 aliphatic heterocycles. The second-order valence-electron chi connectivity index (χ2n) is 33.8. The van der Waals surface area contributed by atoms with Crippen molar-refractivity contribution in [3.63, 3.8) is 0 Å². The van der Waals surface area contributed by atoms with Gasteiger partial charge in [0.15, 0.2) is 0 Å². The third kappa shape index (κ3) is 10.3. The molecule has 1 unspecified atom stereocenters. The molecule has 5 aliphatic rings. The Morgan fingerprint density at radius 2 is 0.640 bits per heavy atom. The van der Waals surface area contributed by atoms with Gasteiger partial charge in [-0.15, -0.1) is 11.3 Å². The van der Waals surface area contributed by atoms with E-state index in [1.54, 1.807) is 0 Å². The molecule has 125 heavy (non-hydrogen) atoms. The Morgan fingerprint density at radius 1 is 0.240 bits per heavy atom. The molecule has 0 radical (unpaired) electrons. The number of nitrogens with zero attached hydrogens (tertiary/aromatic N) is 3. The van der Waals surface area contributed by atoms with Gasteiger partial charge >= 0.3 is 0 Å². The number of nitrogens with one attached hydrogen (secondary N) is 1. The van der Waals surface area contributed by atoms with Gasteiger partial charge in [0.25, 0.3) is 0 Å². The predicted octanol–water partition coefficient (Wildman–Crippen LogP) is 31.0. The van der Waals surface area contributed by atoms with Crippen LogP contribution in [0.1, 0.15) is 66.6 Å². The summed E-state index contributed by atoms with van der Waals surface area (Å²) >= 11 is 5.59. The molecule has 7 heteroatoms. The quantitative estimate of drug-likeness (QED) is 0.121. The van der Waals surface area contributed by atoms with Gasteiger partial charge in [0.1, 0.15) is 5.84 Å². The number of aromatic nitrogens is 2. The zero-order valence-electron chi connectivity index (χ0n) is 67.4. The van der Waals surface area contributed by atoms with Crippen molar-refractivity contribution >= 4 is 121 Å². The molecule has 2 aliphatic carbocycles. The minimum Gasteiger partial charge on any atom is -0.358 e. The number of fused-ring (bicyclic) bond motifs is 29. The van der Waals surface area contributed by atoms with Crippen molar-refractivity contribution in [2.45, 2.75) is 36.5 Å². The van der Waals surface area contributed by atoms with Crippen molar-refractivity contribution in [1.82, 2.24) is 15.3 Å². The summed E-state index contributed by atoms with van der Waals surface area (Å²) in [5.41, 5.74) is 32.8. The summed E-state index contributed by atoms with van der Waals surface area (Å²) in [5.74, 6) is 0.832.